The first kappa shape index (κ1) is 26.7. The van der Waals surface area contributed by atoms with Gasteiger partial charge in [0.05, 0.1) is 35.7 Å². The highest BCUT2D eigenvalue weighted by Crippen LogP contribution is 2.33. The molecule has 0 spiro atoms. The molecule has 13 heteroatoms. The maximum atomic E-state index is 13.6. The fourth-order valence-electron chi connectivity index (χ4n) is 5.51. The number of hydrogen-bond donors (Lipinski definition) is 2. The molecule has 0 atom stereocenters. The minimum atomic E-state index is -0.595. The van der Waals surface area contributed by atoms with E-state index < -0.39 is 11.7 Å². The number of rotatable bonds is 4. The van der Waals surface area contributed by atoms with Gasteiger partial charge >= 0.3 is 0 Å². The van der Waals surface area contributed by atoms with Gasteiger partial charge in [0, 0.05) is 50.7 Å². The molecule has 2 amide bonds. The molecule has 2 saturated heterocycles. The molecular formula is C26H35FN10O2. The van der Waals surface area contributed by atoms with Crippen LogP contribution in [0.25, 0.3) is 5.65 Å². The van der Waals surface area contributed by atoms with Crippen molar-refractivity contribution < 1.29 is 14.0 Å². The molecule has 0 saturated carbocycles. The van der Waals surface area contributed by atoms with Gasteiger partial charge in [-0.2, -0.15) is 10.2 Å². The normalized spacial score (nSPS) is 17.6. The van der Waals surface area contributed by atoms with Gasteiger partial charge in [-0.05, 0) is 40.5 Å². The van der Waals surface area contributed by atoms with Crippen molar-refractivity contribution in [2.45, 2.75) is 46.1 Å². The van der Waals surface area contributed by atoms with Crippen molar-refractivity contribution in [1.29, 1.82) is 0 Å². The van der Waals surface area contributed by atoms with Crippen molar-refractivity contribution in [1.82, 2.24) is 34.6 Å². The quantitative estimate of drug-likeness (QED) is 0.510. The molecule has 2 fully saturated rings. The van der Waals surface area contributed by atoms with Gasteiger partial charge < -0.3 is 20.9 Å². The second-order valence-corrected chi connectivity index (χ2v) is 11.2. The Morgan fingerprint density at radius 3 is 2.44 bits per heavy atom. The Labute approximate surface area is 226 Å². The first-order valence-corrected chi connectivity index (χ1v) is 13.2. The van der Waals surface area contributed by atoms with Gasteiger partial charge in [-0.15, -0.1) is 5.10 Å². The summed E-state index contributed by atoms with van der Waals surface area (Å²) in [4.78, 5) is 37.1. The molecule has 3 N–H and O–H groups in total. The number of amides is 2. The van der Waals surface area contributed by atoms with Gasteiger partial charge in [-0.25, -0.2) is 13.9 Å². The zero-order valence-corrected chi connectivity index (χ0v) is 22.8. The van der Waals surface area contributed by atoms with Crippen molar-refractivity contribution in [2.75, 3.05) is 55.2 Å². The van der Waals surface area contributed by atoms with Crippen LogP contribution in [-0.4, -0.2) is 91.2 Å². The van der Waals surface area contributed by atoms with Crippen LogP contribution in [0.15, 0.2) is 18.6 Å². The summed E-state index contributed by atoms with van der Waals surface area (Å²) in [5.41, 5.74) is 8.14. The number of carbonyl (C=O) groups is 2. The van der Waals surface area contributed by atoms with Gasteiger partial charge in [-0.3, -0.25) is 14.5 Å². The summed E-state index contributed by atoms with van der Waals surface area (Å²) in [5.74, 6) is -0.986. The van der Waals surface area contributed by atoms with Crippen molar-refractivity contribution in [3.8, 4) is 0 Å². The third-order valence-electron chi connectivity index (χ3n) is 7.64. The molecule has 0 unspecified atom stereocenters. The molecule has 5 heterocycles. The Morgan fingerprint density at radius 2 is 1.77 bits per heavy atom. The smallest absolute Gasteiger partial charge is 0.263 e. The molecule has 2 aliphatic heterocycles. The van der Waals surface area contributed by atoms with Crippen molar-refractivity contribution in [3.63, 3.8) is 0 Å². The van der Waals surface area contributed by atoms with Gasteiger partial charge in [-0.1, -0.05) is 0 Å². The maximum absolute atomic E-state index is 13.6. The second kappa shape index (κ2) is 10.4. The number of piperidine rings is 1. The number of carbonyl (C=O) groups excluding carboxylic acids is 2. The Balaban J connectivity index is 1.26. The molecule has 3 aromatic rings. The van der Waals surface area contributed by atoms with Crippen LogP contribution in [0.5, 0.6) is 0 Å². The number of hydrogen-bond acceptors (Lipinski definition) is 9. The van der Waals surface area contributed by atoms with Crippen LogP contribution in [0.1, 0.15) is 49.7 Å². The van der Waals surface area contributed by atoms with E-state index in [1.165, 1.54) is 6.20 Å². The Bertz CT molecular complexity index is 1390. The SMILES string of the molecule is Cc1nncc(NC(=O)c2c(N)nn3cc(F)cnc23)c1N1CCC(C(=O)N2CCN(C(C)(C)C)CC2)CC1. The summed E-state index contributed by atoms with van der Waals surface area (Å²) in [6.45, 7) is 13.0. The van der Waals surface area contributed by atoms with E-state index in [4.69, 9.17) is 5.73 Å². The van der Waals surface area contributed by atoms with Crippen molar-refractivity contribution in [3.05, 3.63) is 35.7 Å². The lowest BCUT2D eigenvalue weighted by Gasteiger charge is -2.43. The molecule has 2 aliphatic rings. The highest BCUT2D eigenvalue weighted by Gasteiger charge is 2.33. The summed E-state index contributed by atoms with van der Waals surface area (Å²) in [6, 6.07) is 0. The van der Waals surface area contributed by atoms with E-state index in [9.17, 15) is 14.0 Å². The van der Waals surface area contributed by atoms with Crippen LogP contribution in [0.2, 0.25) is 0 Å². The summed E-state index contributed by atoms with van der Waals surface area (Å²) >= 11 is 0. The van der Waals surface area contributed by atoms with Crippen molar-refractivity contribution in [2.24, 2.45) is 5.92 Å². The molecule has 39 heavy (non-hydrogen) atoms. The fourth-order valence-corrected chi connectivity index (χ4v) is 5.51. The number of halogens is 1. The zero-order valence-electron chi connectivity index (χ0n) is 22.8. The van der Waals surface area contributed by atoms with E-state index >= 15 is 0 Å². The lowest BCUT2D eigenvalue weighted by molar-refractivity contribution is -0.138. The highest BCUT2D eigenvalue weighted by molar-refractivity contribution is 6.12. The number of nitrogens with two attached hydrogens (primary N) is 1. The summed E-state index contributed by atoms with van der Waals surface area (Å²) in [6.07, 6.45) is 5.02. The lowest BCUT2D eigenvalue weighted by Crippen LogP contribution is -2.56. The number of aromatic nitrogens is 5. The van der Waals surface area contributed by atoms with E-state index in [2.05, 4.69) is 56.2 Å². The monoisotopic (exact) mass is 538 g/mol. The number of fused-ring (bicyclic) bond motifs is 1. The Kier molecular flexibility index (Phi) is 7.10. The summed E-state index contributed by atoms with van der Waals surface area (Å²) in [7, 11) is 0. The molecule has 0 aliphatic carbocycles. The van der Waals surface area contributed by atoms with E-state index in [1.807, 2.05) is 11.8 Å². The van der Waals surface area contributed by atoms with Crippen LogP contribution in [0.3, 0.4) is 0 Å². The molecule has 208 valence electrons. The molecular weight excluding hydrogens is 503 g/mol. The topological polar surface area (TPSA) is 138 Å². The van der Waals surface area contributed by atoms with E-state index in [0.29, 0.717) is 37.3 Å². The highest BCUT2D eigenvalue weighted by atomic mass is 19.1. The molecule has 12 nitrogen and oxygen atoms in total. The van der Waals surface area contributed by atoms with Gasteiger partial charge in [0.25, 0.3) is 5.91 Å². The summed E-state index contributed by atoms with van der Waals surface area (Å²) in [5, 5.41) is 15.1. The van der Waals surface area contributed by atoms with Crippen LogP contribution in [0, 0.1) is 18.7 Å². The standard InChI is InChI=1S/C26H35FN10O2/c1-16-21(34-7-5-17(6-8-34)25(39)35-9-11-36(12-10-35)26(2,3)4)19(14-30-32-16)31-24(38)20-22(28)33-37-15-18(27)13-29-23(20)37/h13-15,17H,5-12H2,1-4H3,(H2,28,33)(H,31,32,38). The predicted octanol–water partition coefficient (Wildman–Crippen LogP) is 1.96. The van der Waals surface area contributed by atoms with Crippen LogP contribution in [0.4, 0.5) is 21.6 Å². The molecule has 3 aromatic heterocycles. The van der Waals surface area contributed by atoms with Crippen molar-refractivity contribution >= 4 is 34.7 Å². The fraction of sp³-hybridized carbons (Fsp3) is 0.538. The number of aryl methyl sites for hydroxylation is 1. The maximum Gasteiger partial charge on any atom is 0.263 e. The second-order valence-electron chi connectivity index (χ2n) is 11.2. The average molecular weight is 539 g/mol. The van der Waals surface area contributed by atoms with Crippen LogP contribution < -0.4 is 16.0 Å². The Morgan fingerprint density at radius 1 is 1.08 bits per heavy atom. The van der Waals surface area contributed by atoms with Gasteiger partial charge in [0.1, 0.15) is 5.56 Å². The number of nitrogens with zero attached hydrogens (tertiary/aromatic N) is 8. The van der Waals surface area contributed by atoms with Gasteiger partial charge in [0.15, 0.2) is 17.3 Å². The van der Waals surface area contributed by atoms with E-state index in [1.54, 1.807) is 0 Å². The minimum Gasteiger partial charge on any atom is -0.381 e. The van der Waals surface area contributed by atoms with E-state index in [0.717, 1.165) is 48.8 Å². The number of piperazine rings is 1. The third kappa shape index (κ3) is 5.35. The molecule has 5 rings (SSSR count). The Hall–Kier alpha value is -3.87. The first-order chi connectivity index (χ1) is 18.5. The first-order valence-electron chi connectivity index (χ1n) is 13.2. The summed E-state index contributed by atoms with van der Waals surface area (Å²) < 4.78 is 14.7. The average Bonchev–Trinajstić information content (AvgIpc) is 3.23. The predicted molar refractivity (Wildman–Crippen MR) is 145 cm³/mol. The minimum absolute atomic E-state index is 0.0272. The van der Waals surface area contributed by atoms with Gasteiger partial charge in [0.2, 0.25) is 5.91 Å². The zero-order chi connectivity index (χ0) is 27.9. The van der Waals surface area contributed by atoms with E-state index in [-0.39, 0.29) is 34.4 Å². The molecule has 0 aromatic carbocycles. The number of nitrogen functional groups attached to an aromatic ring is 1. The number of nitrogens with one attached hydrogen (secondary N) is 1. The largest absolute Gasteiger partial charge is 0.381 e. The lowest BCUT2D eigenvalue weighted by atomic mass is 9.94. The van der Waals surface area contributed by atoms with Crippen LogP contribution in [-0.2, 0) is 4.79 Å². The third-order valence-corrected chi connectivity index (χ3v) is 7.64. The number of anilines is 3. The molecule has 0 bridgehead atoms. The van der Waals surface area contributed by atoms with Crippen LogP contribution >= 0.6 is 0 Å². The molecule has 0 radical (unpaired) electrons.